The Morgan fingerprint density at radius 3 is 3.00 bits per heavy atom. The van der Waals surface area contributed by atoms with Crippen molar-refractivity contribution in [2.45, 2.75) is 33.7 Å². The Balaban J connectivity index is 2.51. The zero-order valence-electron chi connectivity index (χ0n) is 9.02. The quantitative estimate of drug-likeness (QED) is 0.771. The SMILES string of the molecule is CC/C=C(/C)c1c(C)cnc2c1NC2. The first-order chi connectivity index (χ1) is 6.74. The molecule has 0 amide bonds. The second-order valence-electron chi connectivity index (χ2n) is 3.79. The van der Waals surface area contributed by atoms with Gasteiger partial charge in [-0.3, -0.25) is 4.98 Å². The van der Waals surface area contributed by atoms with Crippen LogP contribution in [0.15, 0.2) is 12.3 Å². The average molecular weight is 188 g/mol. The van der Waals surface area contributed by atoms with Crippen molar-refractivity contribution < 1.29 is 0 Å². The standard InChI is InChI=1S/C12H16N2/c1-4-5-8(2)11-9(3)6-13-10-7-14-12(10)11/h5-6,14H,4,7H2,1-3H3/b8-5-. The zero-order valence-corrected chi connectivity index (χ0v) is 9.02. The van der Waals surface area contributed by atoms with Gasteiger partial charge in [-0.15, -0.1) is 0 Å². The van der Waals surface area contributed by atoms with Crippen molar-refractivity contribution in [3.63, 3.8) is 0 Å². The Morgan fingerprint density at radius 1 is 1.64 bits per heavy atom. The van der Waals surface area contributed by atoms with Crippen molar-refractivity contribution in [1.82, 2.24) is 4.98 Å². The van der Waals surface area contributed by atoms with E-state index in [1.54, 1.807) is 0 Å². The molecule has 0 aliphatic carbocycles. The van der Waals surface area contributed by atoms with Crippen molar-refractivity contribution in [3.8, 4) is 0 Å². The molecular formula is C12H16N2. The molecule has 0 saturated heterocycles. The molecular weight excluding hydrogens is 172 g/mol. The summed E-state index contributed by atoms with van der Waals surface area (Å²) in [6.45, 7) is 7.38. The summed E-state index contributed by atoms with van der Waals surface area (Å²) in [5, 5.41) is 3.33. The molecule has 2 nitrogen and oxygen atoms in total. The second-order valence-corrected chi connectivity index (χ2v) is 3.79. The molecule has 74 valence electrons. The monoisotopic (exact) mass is 188 g/mol. The third-order valence-corrected chi connectivity index (χ3v) is 2.68. The number of nitrogens with zero attached hydrogens (tertiary/aromatic N) is 1. The number of allylic oxidation sites excluding steroid dienone is 2. The Labute approximate surface area is 85.1 Å². The van der Waals surface area contributed by atoms with Gasteiger partial charge in [0.25, 0.3) is 0 Å². The van der Waals surface area contributed by atoms with Gasteiger partial charge in [0.2, 0.25) is 0 Å². The lowest BCUT2D eigenvalue weighted by atomic mass is 9.96. The summed E-state index contributed by atoms with van der Waals surface area (Å²) in [5.74, 6) is 0. The van der Waals surface area contributed by atoms with Crippen molar-refractivity contribution in [2.24, 2.45) is 0 Å². The molecule has 1 aliphatic rings. The number of fused-ring (bicyclic) bond motifs is 1. The smallest absolute Gasteiger partial charge is 0.0832 e. The predicted octanol–water partition coefficient (Wildman–Crippen LogP) is 3.13. The van der Waals surface area contributed by atoms with Crippen molar-refractivity contribution in [1.29, 1.82) is 0 Å². The van der Waals surface area contributed by atoms with E-state index in [1.165, 1.54) is 28.1 Å². The zero-order chi connectivity index (χ0) is 10.1. The molecule has 0 radical (unpaired) electrons. The highest BCUT2D eigenvalue weighted by Gasteiger charge is 2.19. The minimum absolute atomic E-state index is 0.919. The van der Waals surface area contributed by atoms with Gasteiger partial charge in [0, 0.05) is 11.8 Å². The molecule has 1 aromatic heterocycles. The number of hydrogen-bond acceptors (Lipinski definition) is 2. The van der Waals surface area contributed by atoms with Crippen LogP contribution in [0.25, 0.3) is 5.57 Å². The number of anilines is 1. The molecule has 2 heteroatoms. The van der Waals surface area contributed by atoms with Crippen LogP contribution in [0, 0.1) is 6.92 Å². The molecule has 0 saturated carbocycles. The van der Waals surface area contributed by atoms with Gasteiger partial charge in [0.15, 0.2) is 0 Å². The van der Waals surface area contributed by atoms with Gasteiger partial charge in [0.1, 0.15) is 0 Å². The van der Waals surface area contributed by atoms with Crippen LogP contribution in [-0.2, 0) is 6.54 Å². The first kappa shape index (κ1) is 9.25. The van der Waals surface area contributed by atoms with Crippen LogP contribution in [0.5, 0.6) is 0 Å². The van der Waals surface area contributed by atoms with Gasteiger partial charge >= 0.3 is 0 Å². The summed E-state index contributed by atoms with van der Waals surface area (Å²) in [6, 6.07) is 0. The topological polar surface area (TPSA) is 24.9 Å². The lowest BCUT2D eigenvalue weighted by molar-refractivity contribution is 0.949. The fourth-order valence-corrected chi connectivity index (χ4v) is 1.95. The predicted molar refractivity (Wildman–Crippen MR) is 60.2 cm³/mol. The second kappa shape index (κ2) is 3.45. The van der Waals surface area contributed by atoms with E-state index in [0.29, 0.717) is 0 Å². The molecule has 0 unspecified atom stereocenters. The highest BCUT2D eigenvalue weighted by atomic mass is 15.0. The van der Waals surface area contributed by atoms with E-state index in [-0.39, 0.29) is 0 Å². The Morgan fingerprint density at radius 2 is 2.43 bits per heavy atom. The van der Waals surface area contributed by atoms with Crippen LogP contribution in [-0.4, -0.2) is 4.98 Å². The van der Waals surface area contributed by atoms with Crippen molar-refractivity contribution in [3.05, 3.63) is 29.1 Å². The summed E-state index contributed by atoms with van der Waals surface area (Å²) in [7, 11) is 0. The lowest BCUT2D eigenvalue weighted by Gasteiger charge is -2.25. The fraction of sp³-hybridized carbons (Fsp3) is 0.417. The number of pyridine rings is 1. The summed E-state index contributed by atoms with van der Waals surface area (Å²) in [5.41, 5.74) is 6.42. The number of hydrogen-bond donors (Lipinski definition) is 1. The highest BCUT2D eigenvalue weighted by molar-refractivity contribution is 5.81. The number of nitrogens with one attached hydrogen (secondary N) is 1. The maximum Gasteiger partial charge on any atom is 0.0832 e. The van der Waals surface area contributed by atoms with Crippen LogP contribution in [0.1, 0.15) is 37.1 Å². The van der Waals surface area contributed by atoms with E-state index in [2.05, 4.69) is 37.1 Å². The van der Waals surface area contributed by atoms with Gasteiger partial charge in [-0.1, -0.05) is 13.0 Å². The first-order valence-electron chi connectivity index (χ1n) is 5.13. The Bertz CT molecular complexity index is 392. The molecule has 14 heavy (non-hydrogen) atoms. The van der Waals surface area contributed by atoms with E-state index in [0.717, 1.165) is 13.0 Å². The van der Waals surface area contributed by atoms with Gasteiger partial charge in [-0.25, -0.2) is 0 Å². The summed E-state index contributed by atoms with van der Waals surface area (Å²) in [6.07, 6.45) is 5.33. The third-order valence-electron chi connectivity index (χ3n) is 2.68. The summed E-state index contributed by atoms with van der Waals surface area (Å²) < 4.78 is 0. The summed E-state index contributed by atoms with van der Waals surface area (Å²) in [4.78, 5) is 4.38. The van der Waals surface area contributed by atoms with Gasteiger partial charge in [-0.05, 0) is 31.4 Å². The maximum atomic E-state index is 4.38. The molecule has 2 heterocycles. The largest absolute Gasteiger partial charge is 0.377 e. The van der Waals surface area contributed by atoms with E-state index < -0.39 is 0 Å². The van der Waals surface area contributed by atoms with Crippen molar-refractivity contribution in [2.75, 3.05) is 5.32 Å². The van der Waals surface area contributed by atoms with Crippen LogP contribution >= 0.6 is 0 Å². The van der Waals surface area contributed by atoms with E-state index in [4.69, 9.17) is 0 Å². The van der Waals surface area contributed by atoms with E-state index in [1.807, 2.05) is 6.20 Å². The molecule has 1 aromatic rings. The summed E-state index contributed by atoms with van der Waals surface area (Å²) >= 11 is 0. The molecule has 0 atom stereocenters. The molecule has 1 N–H and O–H groups in total. The minimum atomic E-state index is 0.919. The first-order valence-corrected chi connectivity index (χ1v) is 5.13. The van der Waals surface area contributed by atoms with Crippen LogP contribution in [0.2, 0.25) is 0 Å². The fourth-order valence-electron chi connectivity index (χ4n) is 1.95. The van der Waals surface area contributed by atoms with Gasteiger partial charge in [-0.2, -0.15) is 0 Å². The van der Waals surface area contributed by atoms with Crippen LogP contribution < -0.4 is 5.32 Å². The average Bonchev–Trinajstić information content (AvgIpc) is 2.10. The Hall–Kier alpha value is -1.31. The van der Waals surface area contributed by atoms with E-state index >= 15 is 0 Å². The maximum absolute atomic E-state index is 4.38. The molecule has 2 rings (SSSR count). The van der Waals surface area contributed by atoms with Gasteiger partial charge in [0.05, 0.1) is 17.9 Å². The third kappa shape index (κ3) is 1.31. The van der Waals surface area contributed by atoms with Crippen molar-refractivity contribution >= 4 is 11.3 Å². The minimum Gasteiger partial charge on any atom is -0.377 e. The number of aryl methyl sites for hydroxylation is 1. The normalized spacial score (nSPS) is 14.4. The molecule has 1 aliphatic heterocycles. The molecule has 0 fully saturated rings. The number of aromatic nitrogens is 1. The van der Waals surface area contributed by atoms with Gasteiger partial charge < -0.3 is 5.32 Å². The molecule has 0 aromatic carbocycles. The highest BCUT2D eigenvalue weighted by Crippen LogP contribution is 2.34. The molecule has 0 bridgehead atoms. The Kier molecular flexibility index (Phi) is 2.28. The van der Waals surface area contributed by atoms with E-state index in [9.17, 15) is 0 Å². The number of rotatable bonds is 2. The van der Waals surface area contributed by atoms with Crippen LogP contribution in [0.3, 0.4) is 0 Å². The molecule has 0 spiro atoms. The lowest BCUT2D eigenvalue weighted by Crippen LogP contribution is -2.18. The van der Waals surface area contributed by atoms with Crippen LogP contribution in [0.4, 0.5) is 5.69 Å².